The van der Waals surface area contributed by atoms with Gasteiger partial charge in [0.05, 0.1) is 13.2 Å². The van der Waals surface area contributed by atoms with Crippen molar-refractivity contribution in [1.82, 2.24) is 10.2 Å². The second kappa shape index (κ2) is 10.8. The number of methoxy groups -OCH3 is 1. The van der Waals surface area contributed by atoms with Crippen LogP contribution < -0.4 is 5.32 Å². The minimum atomic E-state index is 0.00459. The Kier molecular flexibility index (Phi) is 8.42. The van der Waals surface area contributed by atoms with Gasteiger partial charge in [0, 0.05) is 32.7 Å². The number of hydrogen-bond acceptors (Lipinski definition) is 4. The molecule has 0 saturated carbocycles. The summed E-state index contributed by atoms with van der Waals surface area (Å²) in [7, 11) is 1.60. The molecule has 1 aromatic rings. The molecule has 0 radical (unpaired) electrons. The normalized spacial score (nSPS) is 15.2. The number of hydrogen-bond donors (Lipinski definition) is 1. The van der Waals surface area contributed by atoms with Crippen LogP contribution >= 0.6 is 0 Å². The Morgan fingerprint density at radius 1 is 1.16 bits per heavy atom. The maximum atomic E-state index is 12.1. The minimum Gasteiger partial charge on any atom is -0.382 e. The van der Waals surface area contributed by atoms with Crippen LogP contribution in [0.25, 0.3) is 0 Å². The molecule has 1 heterocycles. The lowest BCUT2D eigenvalue weighted by atomic mass is 10.0. The van der Waals surface area contributed by atoms with Gasteiger partial charge in [-0.1, -0.05) is 30.3 Å². The van der Waals surface area contributed by atoms with E-state index in [2.05, 4.69) is 5.32 Å². The molecular weight excluding hydrogens is 320 g/mol. The van der Waals surface area contributed by atoms with Crippen LogP contribution in [0.15, 0.2) is 30.3 Å². The van der Waals surface area contributed by atoms with E-state index in [0.29, 0.717) is 32.7 Å². The smallest absolute Gasteiger partial charge is 0.248 e. The predicted octanol–water partition coefficient (Wildman–Crippen LogP) is 1.39. The molecule has 1 aliphatic heterocycles. The van der Waals surface area contributed by atoms with Crippen LogP contribution in [-0.4, -0.2) is 62.8 Å². The second-order valence-electron chi connectivity index (χ2n) is 6.25. The quantitative estimate of drug-likeness (QED) is 0.685. The number of nitrogens with one attached hydrogen (secondary N) is 1. The third kappa shape index (κ3) is 7.23. The highest BCUT2D eigenvalue weighted by atomic mass is 16.5. The summed E-state index contributed by atoms with van der Waals surface area (Å²) < 4.78 is 10.1. The van der Waals surface area contributed by atoms with E-state index in [1.54, 1.807) is 12.0 Å². The van der Waals surface area contributed by atoms with E-state index in [9.17, 15) is 9.59 Å². The second-order valence-corrected chi connectivity index (χ2v) is 6.25. The molecule has 0 unspecified atom stereocenters. The van der Waals surface area contributed by atoms with Gasteiger partial charge in [-0.05, 0) is 24.8 Å². The maximum absolute atomic E-state index is 12.1. The van der Waals surface area contributed by atoms with Crippen LogP contribution in [0.2, 0.25) is 0 Å². The molecule has 1 N–H and O–H groups in total. The van der Waals surface area contributed by atoms with Gasteiger partial charge in [-0.15, -0.1) is 0 Å². The number of piperidine rings is 1. The molecule has 1 fully saturated rings. The molecule has 0 atom stereocenters. The third-order valence-electron chi connectivity index (χ3n) is 4.35. The summed E-state index contributed by atoms with van der Waals surface area (Å²) in [5.41, 5.74) is 1.17. The largest absolute Gasteiger partial charge is 0.382 e. The third-order valence-corrected chi connectivity index (χ3v) is 4.35. The molecule has 6 heteroatoms. The molecule has 1 aliphatic rings. The molecule has 2 rings (SSSR count). The van der Waals surface area contributed by atoms with Crippen molar-refractivity contribution in [2.75, 3.05) is 40.0 Å². The zero-order valence-corrected chi connectivity index (χ0v) is 14.9. The monoisotopic (exact) mass is 348 g/mol. The average molecular weight is 348 g/mol. The summed E-state index contributed by atoms with van der Waals surface area (Å²) in [6.45, 7) is 2.34. The van der Waals surface area contributed by atoms with E-state index >= 15 is 0 Å². The van der Waals surface area contributed by atoms with Gasteiger partial charge in [0.15, 0.2) is 0 Å². The van der Waals surface area contributed by atoms with Crippen LogP contribution in [0.3, 0.4) is 0 Å². The fourth-order valence-corrected chi connectivity index (χ4v) is 2.87. The van der Waals surface area contributed by atoms with E-state index in [1.807, 2.05) is 30.3 Å². The Balaban J connectivity index is 1.61. The summed E-state index contributed by atoms with van der Waals surface area (Å²) in [6.07, 6.45) is 2.83. The first-order valence-corrected chi connectivity index (χ1v) is 8.87. The predicted molar refractivity (Wildman–Crippen MR) is 95.2 cm³/mol. The number of likely N-dealkylation sites (tertiary alicyclic amines) is 1. The molecule has 0 aromatic heterocycles. The van der Waals surface area contributed by atoms with Gasteiger partial charge < -0.3 is 19.7 Å². The van der Waals surface area contributed by atoms with Crippen LogP contribution in [0.4, 0.5) is 0 Å². The number of carbonyl (C=O) groups excluding carboxylic acids is 2. The molecule has 25 heavy (non-hydrogen) atoms. The fraction of sp³-hybridized carbons (Fsp3) is 0.579. The summed E-state index contributed by atoms with van der Waals surface area (Å²) in [5, 5.41) is 3.08. The van der Waals surface area contributed by atoms with Gasteiger partial charge in [0.2, 0.25) is 11.8 Å². The number of carbonyl (C=O) groups is 2. The van der Waals surface area contributed by atoms with Gasteiger partial charge >= 0.3 is 0 Å². The lowest BCUT2D eigenvalue weighted by Crippen LogP contribution is -2.47. The Bertz CT molecular complexity index is 527. The van der Waals surface area contributed by atoms with Crippen LogP contribution in [0.1, 0.15) is 24.8 Å². The van der Waals surface area contributed by atoms with Crippen molar-refractivity contribution in [2.45, 2.75) is 31.7 Å². The number of aryl methyl sites for hydroxylation is 1. The van der Waals surface area contributed by atoms with E-state index in [-0.39, 0.29) is 24.5 Å². The number of amides is 2. The summed E-state index contributed by atoms with van der Waals surface area (Å²) in [6, 6.07) is 10.2. The van der Waals surface area contributed by atoms with E-state index < -0.39 is 0 Å². The molecule has 0 aliphatic carbocycles. The minimum absolute atomic E-state index is 0.00459. The molecule has 138 valence electrons. The molecule has 0 bridgehead atoms. The van der Waals surface area contributed by atoms with Crippen molar-refractivity contribution in [3.8, 4) is 0 Å². The van der Waals surface area contributed by atoms with Crippen molar-refractivity contribution in [3.05, 3.63) is 35.9 Å². The first-order valence-electron chi connectivity index (χ1n) is 8.87. The maximum Gasteiger partial charge on any atom is 0.248 e. The first kappa shape index (κ1) is 19.4. The van der Waals surface area contributed by atoms with Crippen molar-refractivity contribution < 1.29 is 19.1 Å². The summed E-state index contributed by atoms with van der Waals surface area (Å²) in [4.78, 5) is 25.9. The highest BCUT2D eigenvalue weighted by Crippen LogP contribution is 2.11. The number of nitrogens with zero attached hydrogens (tertiary/aromatic N) is 1. The SMILES string of the molecule is COCCOCC(=O)N1CCC(NC(=O)CCc2ccccc2)CC1. The lowest BCUT2D eigenvalue weighted by molar-refractivity contribution is -0.137. The number of rotatable bonds is 9. The Morgan fingerprint density at radius 3 is 2.56 bits per heavy atom. The van der Waals surface area contributed by atoms with Crippen molar-refractivity contribution in [2.24, 2.45) is 0 Å². The Hall–Kier alpha value is -1.92. The van der Waals surface area contributed by atoms with E-state index in [0.717, 1.165) is 19.3 Å². The first-order chi connectivity index (χ1) is 12.2. The fourth-order valence-electron chi connectivity index (χ4n) is 2.87. The van der Waals surface area contributed by atoms with E-state index in [1.165, 1.54) is 5.56 Å². The zero-order chi connectivity index (χ0) is 17.9. The Labute approximate surface area is 149 Å². The van der Waals surface area contributed by atoms with Gasteiger partial charge in [0.25, 0.3) is 0 Å². The topological polar surface area (TPSA) is 67.9 Å². The number of ether oxygens (including phenoxy) is 2. The van der Waals surface area contributed by atoms with Gasteiger partial charge in [-0.2, -0.15) is 0 Å². The molecule has 1 aromatic carbocycles. The van der Waals surface area contributed by atoms with Gasteiger partial charge in [-0.25, -0.2) is 0 Å². The number of benzene rings is 1. The molecule has 6 nitrogen and oxygen atoms in total. The van der Waals surface area contributed by atoms with Crippen molar-refractivity contribution in [3.63, 3.8) is 0 Å². The van der Waals surface area contributed by atoms with Gasteiger partial charge in [-0.3, -0.25) is 9.59 Å². The summed E-state index contributed by atoms with van der Waals surface area (Å²) >= 11 is 0. The highest BCUT2D eigenvalue weighted by Gasteiger charge is 2.23. The zero-order valence-electron chi connectivity index (χ0n) is 14.9. The molecular formula is C19H28N2O4. The summed E-state index contributed by atoms with van der Waals surface area (Å²) in [5.74, 6) is 0.0847. The standard InChI is InChI=1S/C19H28N2O4/c1-24-13-14-25-15-19(23)21-11-9-17(10-12-21)20-18(22)8-7-16-5-3-2-4-6-16/h2-6,17H,7-15H2,1H3,(H,20,22). The van der Waals surface area contributed by atoms with Crippen molar-refractivity contribution in [1.29, 1.82) is 0 Å². The van der Waals surface area contributed by atoms with Crippen molar-refractivity contribution >= 4 is 11.8 Å². The average Bonchev–Trinajstić information content (AvgIpc) is 2.65. The van der Waals surface area contributed by atoms with Crippen LogP contribution in [0.5, 0.6) is 0 Å². The molecule has 1 saturated heterocycles. The van der Waals surface area contributed by atoms with E-state index in [4.69, 9.17) is 9.47 Å². The molecule has 0 spiro atoms. The van der Waals surface area contributed by atoms with Crippen LogP contribution in [-0.2, 0) is 25.5 Å². The van der Waals surface area contributed by atoms with Crippen LogP contribution in [0, 0.1) is 0 Å². The van der Waals surface area contributed by atoms with Gasteiger partial charge in [0.1, 0.15) is 6.61 Å². The lowest BCUT2D eigenvalue weighted by Gasteiger charge is -2.32. The Morgan fingerprint density at radius 2 is 1.88 bits per heavy atom. The molecule has 2 amide bonds. The highest BCUT2D eigenvalue weighted by molar-refractivity contribution is 5.78.